The van der Waals surface area contributed by atoms with Crippen molar-refractivity contribution in [1.29, 1.82) is 0 Å². The van der Waals surface area contributed by atoms with Gasteiger partial charge >= 0.3 is 0 Å². The highest BCUT2D eigenvalue weighted by molar-refractivity contribution is 7.22. The Labute approximate surface area is 395 Å². The maximum absolute atomic E-state index is 4.20. The minimum atomic E-state index is -0.424. The third kappa shape index (κ3) is 6.94. The Balaban J connectivity index is 1.26. The monoisotopic (exact) mass is 881 g/mol. The SMILES string of the molecule is C=CCCc1cc(-c2cc(CCC=C)c(C(C)(CC)C(C)(CC)c3ccc4c(c3)C(c3ccc5c(c3)CC5)(c3ccc5c(c3)CC5)c3cc(C(C)(C)C)ccc3-4)s2)sc1C(C)(C)CC. The molecule has 3 aliphatic rings. The summed E-state index contributed by atoms with van der Waals surface area (Å²) in [6.07, 6.45) is 16.2. The largest absolute Gasteiger partial charge is 0.139 e. The van der Waals surface area contributed by atoms with E-state index in [-0.39, 0.29) is 21.7 Å². The van der Waals surface area contributed by atoms with Gasteiger partial charge in [0.1, 0.15) is 0 Å². The van der Waals surface area contributed by atoms with E-state index in [1.807, 2.05) is 11.3 Å². The number of thiophene rings is 2. The van der Waals surface area contributed by atoms with Crippen molar-refractivity contribution < 1.29 is 0 Å². The Morgan fingerprint density at radius 2 is 0.984 bits per heavy atom. The van der Waals surface area contributed by atoms with Gasteiger partial charge in [-0.15, -0.1) is 35.8 Å². The summed E-state index contributed by atoms with van der Waals surface area (Å²) in [5.41, 5.74) is 20.0. The van der Waals surface area contributed by atoms with Crippen LogP contribution in [0.1, 0.15) is 178 Å². The lowest BCUT2D eigenvalue weighted by Gasteiger charge is -2.47. The zero-order chi connectivity index (χ0) is 45.4. The standard InChI is InChI=1S/C62H72S2/c1-13-18-20-44-36-54(63-56(44)59(9,10)15-3)55-37-45(21-19-14-2)57(64-55)61(12,17-5)60(11,16-4)47-31-33-51-50-32-30-46(58(6,7)8)38-52(50)62(53(51)39-47,48-28-26-40-22-24-42(40)34-48)49-29-27-41-23-25-43(41)35-49/h13-14,26-39H,1-2,15-25H2,3-12H3. The molecule has 0 nitrogen and oxygen atoms in total. The van der Waals surface area contributed by atoms with E-state index < -0.39 is 5.41 Å². The lowest BCUT2D eigenvalue weighted by Crippen LogP contribution is -2.44. The van der Waals surface area contributed by atoms with Crippen LogP contribution in [0.2, 0.25) is 0 Å². The summed E-state index contributed by atoms with van der Waals surface area (Å²) in [5.74, 6) is 0. The summed E-state index contributed by atoms with van der Waals surface area (Å²) in [5, 5.41) is 0. The van der Waals surface area contributed by atoms with E-state index in [0.29, 0.717) is 0 Å². The first-order valence-electron chi connectivity index (χ1n) is 24.6. The Kier molecular flexibility index (Phi) is 11.6. The predicted molar refractivity (Wildman–Crippen MR) is 281 cm³/mol. The van der Waals surface area contributed by atoms with Crippen LogP contribution in [0, 0.1) is 0 Å². The van der Waals surface area contributed by atoms with E-state index in [9.17, 15) is 0 Å². The van der Waals surface area contributed by atoms with Crippen LogP contribution in [0.25, 0.3) is 20.9 Å². The van der Waals surface area contributed by atoms with E-state index in [4.69, 9.17) is 0 Å². The number of benzene rings is 4. The summed E-state index contributed by atoms with van der Waals surface area (Å²) < 4.78 is 0. The molecule has 0 saturated carbocycles. The molecule has 0 amide bonds. The number of aryl methyl sites for hydroxylation is 6. The van der Waals surface area contributed by atoms with E-state index in [1.54, 1.807) is 9.75 Å². The zero-order valence-corrected chi connectivity index (χ0v) is 42.4. The van der Waals surface area contributed by atoms with Crippen LogP contribution in [0.15, 0.2) is 110 Å². The molecule has 4 aromatic carbocycles. The van der Waals surface area contributed by atoms with Crippen molar-refractivity contribution in [3.05, 3.63) is 187 Å². The molecular weight excluding hydrogens is 809 g/mol. The van der Waals surface area contributed by atoms with Crippen LogP contribution < -0.4 is 0 Å². The molecule has 9 rings (SSSR count). The quantitative estimate of drug-likeness (QED) is 0.0849. The molecule has 332 valence electrons. The topological polar surface area (TPSA) is 0 Å². The summed E-state index contributed by atoms with van der Waals surface area (Å²) in [6.45, 7) is 32.7. The first-order valence-corrected chi connectivity index (χ1v) is 26.2. The summed E-state index contributed by atoms with van der Waals surface area (Å²) >= 11 is 4.12. The highest BCUT2D eigenvalue weighted by Crippen LogP contribution is 2.60. The van der Waals surface area contributed by atoms with Crippen molar-refractivity contribution in [2.24, 2.45) is 0 Å². The van der Waals surface area contributed by atoms with Gasteiger partial charge in [0, 0.05) is 30.3 Å². The van der Waals surface area contributed by atoms with Crippen LogP contribution in [0.4, 0.5) is 0 Å². The molecule has 0 bridgehead atoms. The molecule has 0 saturated heterocycles. The number of rotatable bonds is 16. The normalized spacial score (nSPS) is 16.7. The van der Waals surface area contributed by atoms with Crippen molar-refractivity contribution >= 4 is 22.7 Å². The van der Waals surface area contributed by atoms with Crippen LogP contribution in [0.5, 0.6) is 0 Å². The fourth-order valence-corrected chi connectivity index (χ4v) is 14.7. The minimum absolute atomic E-state index is 0.0260. The van der Waals surface area contributed by atoms with Crippen molar-refractivity contribution in [3.63, 3.8) is 0 Å². The molecule has 0 N–H and O–H groups in total. The van der Waals surface area contributed by atoms with E-state index >= 15 is 0 Å². The van der Waals surface area contributed by atoms with Gasteiger partial charge in [0.2, 0.25) is 0 Å². The Morgan fingerprint density at radius 3 is 1.42 bits per heavy atom. The molecule has 64 heavy (non-hydrogen) atoms. The second kappa shape index (κ2) is 16.6. The fourth-order valence-electron chi connectivity index (χ4n) is 11.7. The second-order valence-corrected chi connectivity index (χ2v) is 23.8. The molecule has 6 aromatic rings. The van der Waals surface area contributed by atoms with Crippen LogP contribution in [-0.2, 0) is 65.6 Å². The molecule has 0 radical (unpaired) electrons. The fraction of sp³-hybridized carbons (Fsp3) is 0.419. The van der Waals surface area contributed by atoms with Gasteiger partial charge in [0.15, 0.2) is 0 Å². The second-order valence-electron chi connectivity index (χ2n) is 21.7. The molecule has 0 aliphatic heterocycles. The first kappa shape index (κ1) is 44.9. The van der Waals surface area contributed by atoms with Crippen LogP contribution >= 0.6 is 22.7 Å². The van der Waals surface area contributed by atoms with Crippen molar-refractivity contribution in [1.82, 2.24) is 0 Å². The summed E-state index contributed by atoms with van der Waals surface area (Å²) in [6, 6.07) is 35.5. The van der Waals surface area contributed by atoms with Crippen molar-refractivity contribution in [2.75, 3.05) is 0 Å². The molecule has 2 unspecified atom stereocenters. The molecule has 0 spiro atoms. The van der Waals surface area contributed by atoms with Gasteiger partial charge in [-0.05, 0) is 171 Å². The smallest absolute Gasteiger partial charge is 0.0713 e. The Bertz CT molecular complexity index is 2720. The van der Waals surface area contributed by atoms with Gasteiger partial charge < -0.3 is 0 Å². The van der Waals surface area contributed by atoms with Gasteiger partial charge in [0.25, 0.3) is 0 Å². The Morgan fingerprint density at radius 1 is 0.516 bits per heavy atom. The number of allylic oxidation sites excluding steroid dienone is 2. The highest BCUT2D eigenvalue weighted by Gasteiger charge is 2.51. The molecular formula is C62H72S2. The number of hydrogen-bond donors (Lipinski definition) is 0. The molecule has 3 aliphatic carbocycles. The number of fused-ring (bicyclic) bond motifs is 5. The maximum Gasteiger partial charge on any atom is 0.0713 e. The summed E-state index contributed by atoms with van der Waals surface area (Å²) in [4.78, 5) is 5.96. The van der Waals surface area contributed by atoms with Crippen molar-refractivity contribution in [3.8, 4) is 20.9 Å². The van der Waals surface area contributed by atoms with E-state index in [2.05, 4.69) is 191 Å². The molecule has 0 fully saturated rings. The molecule has 2 heteroatoms. The van der Waals surface area contributed by atoms with Gasteiger partial charge in [-0.25, -0.2) is 0 Å². The lowest BCUT2D eigenvalue weighted by molar-refractivity contribution is 0.238. The van der Waals surface area contributed by atoms with Crippen LogP contribution in [-0.4, -0.2) is 0 Å². The average molecular weight is 881 g/mol. The molecule has 2 atom stereocenters. The zero-order valence-electron chi connectivity index (χ0n) is 40.7. The Hall–Kier alpha value is -4.24. The maximum atomic E-state index is 4.20. The van der Waals surface area contributed by atoms with E-state index in [0.717, 1.165) is 44.9 Å². The first-order chi connectivity index (χ1) is 30.6. The third-order valence-corrected chi connectivity index (χ3v) is 20.2. The van der Waals surface area contributed by atoms with Gasteiger partial charge in [0.05, 0.1) is 5.41 Å². The van der Waals surface area contributed by atoms with Crippen LogP contribution in [0.3, 0.4) is 0 Å². The highest BCUT2D eigenvalue weighted by atomic mass is 32.1. The predicted octanol–water partition coefficient (Wildman–Crippen LogP) is 17.3. The average Bonchev–Trinajstić information content (AvgIpc) is 3.98. The van der Waals surface area contributed by atoms with Gasteiger partial charge in [-0.1, -0.05) is 154 Å². The molecule has 2 aromatic heterocycles. The lowest BCUT2D eigenvalue weighted by atomic mass is 9.57. The molecule has 2 heterocycles. The van der Waals surface area contributed by atoms with Gasteiger partial charge in [-0.3, -0.25) is 0 Å². The summed E-state index contributed by atoms with van der Waals surface area (Å²) in [7, 11) is 0. The minimum Gasteiger partial charge on any atom is -0.139 e. The van der Waals surface area contributed by atoms with Gasteiger partial charge in [-0.2, -0.15) is 0 Å². The van der Waals surface area contributed by atoms with E-state index in [1.165, 1.54) is 113 Å². The third-order valence-electron chi connectivity index (χ3n) is 17.0. The van der Waals surface area contributed by atoms with Crippen molar-refractivity contribution in [2.45, 2.75) is 167 Å². The number of hydrogen-bond acceptors (Lipinski definition) is 2.